The Hall–Kier alpha value is -2.69. The number of rotatable bonds is 5. The van der Waals surface area contributed by atoms with Crippen molar-refractivity contribution in [1.29, 1.82) is 0 Å². The molecule has 0 aromatic heterocycles. The highest BCUT2D eigenvalue weighted by Crippen LogP contribution is 2.24. The molecule has 2 aromatic rings. The fourth-order valence-corrected chi connectivity index (χ4v) is 1.96. The summed E-state index contributed by atoms with van der Waals surface area (Å²) in [7, 11) is 0. The Balaban J connectivity index is 2.28. The SMILES string of the molecule is O=C(O)CCc1cccc(-c2cccc([N+](=O)[O-])c2)c1. The molecule has 0 atom stereocenters. The number of aliphatic carboxylic acids is 1. The highest BCUT2D eigenvalue weighted by atomic mass is 16.6. The number of hydrogen-bond acceptors (Lipinski definition) is 3. The van der Waals surface area contributed by atoms with Gasteiger partial charge in [0.05, 0.1) is 4.92 Å². The molecular weight excluding hydrogens is 258 g/mol. The van der Waals surface area contributed by atoms with Gasteiger partial charge >= 0.3 is 5.97 Å². The van der Waals surface area contributed by atoms with Crippen LogP contribution in [0.25, 0.3) is 11.1 Å². The molecule has 0 aliphatic heterocycles. The summed E-state index contributed by atoms with van der Waals surface area (Å²) in [4.78, 5) is 20.9. The van der Waals surface area contributed by atoms with E-state index in [1.807, 2.05) is 24.3 Å². The number of non-ortho nitro benzene ring substituents is 1. The number of nitrogens with zero attached hydrogens (tertiary/aromatic N) is 1. The molecule has 0 spiro atoms. The lowest BCUT2D eigenvalue weighted by Crippen LogP contribution is -1.97. The van der Waals surface area contributed by atoms with Crippen molar-refractivity contribution in [2.45, 2.75) is 12.8 Å². The summed E-state index contributed by atoms with van der Waals surface area (Å²) in [6.45, 7) is 0. The van der Waals surface area contributed by atoms with Gasteiger partial charge in [-0.25, -0.2) is 0 Å². The maximum atomic E-state index is 10.8. The van der Waals surface area contributed by atoms with E-state index in [0.29, 0.717) is 6.42 Å². The van der Waals surface area contributed by atoms with Crippen molar-refractivity contribution in [3.63, 3.8) is 0 Å². The number of aryl methyl sites for hydroxylation is 1. The summed E-state index contributed by atoms with van der Waals surface area (Å²) < 4.78 is 0. The van der Waals surface area contributed by atoms with Crippen LogP contribution in [-0.4, -0.2) is 16.0 Å². The van der Waals surface area contributed by atoms with Gasteiger partial charge in [0, 0.05) is 18.6 Å². The monoisotopic (exact) mass is 271 g/mol. The van der Waals surface area contributed by atoms with Crippen molar-refractivity contribution < 1.29 is 14.8 Å². The van der Waals surface area contributed by atoms with Crippen LogP contribution in [0.3, 0.4) is 0 Å². The summed E-state index contributed by atoms with van der Waals surface area (Å²) in [5.74, 6) is -0.842. The molecule has 102 valence electrons. The highest BCUT2D eigenvalue weighted by Gasteiger charge is 2.07. The van der Waals surface area contributed by atoms with E-state index >= 15 is 0 Å². The smallest absolute Gasteiger partial charge is 0.303 e. The normalized spacial score (nSPS) is 10.2. The van der Waals surface area contributed by atoms with Crippen LogP contribution in [0.15, 0.2) is 48.5 Å². The molecule has 0 bridgehead atoms. The van der Waals surface area contributed by atoms with Crippen molar-refractivity contribution in [1.82, 2.24) is 0 Å². The van der Waals surface area contributed by atoms with Gasteiger partial charge in [-0.05, 0) is 23.1 Å². The van der Waals surface area contributed by atoms with Gasteiger partial charge in [-0.1, -0.05) is 36.4 Å². The first-order chi connectivity index (χ1) is 9.56. The molecule has 0 radical (unpaired) electrons. The number of carboxylic acid groups (broad SMARTS) is 1. The third kappa shape index (κ3) is 3.41. The Kier molecular flexibility index (Phi) is 4.10. The van der Waals surface area contributed by atoms with Crippen LogP contribution in [0.5, 0.6) is 0 Å². The highest BCUT2D eigenvalue weighted by molar-refractivity contribution is 5.68. The second-order valence-corrected chi connectivity index (χ2v) is 4.40. The average molecular weight is 271 g/mol. The molecule has 0 fully saturated rings. The maximum Gasteiger partial charge on any atom is 0.303 e. The standard InChI is InChI=1S/C15H13NO4/c17-15(18)8-7-11-3-1-4-12(9-11)13-5-2-6-14(10-13)16(19)20/h1-6,9-10H,7-8H2,(H,17,18). The molecule has 0 unspecified atom stereocenters. The van der Waals surface area contributed by atoms with Gasteiger partial charge in [0.15, 0.2) is 0 Å². The minimum Gasteiger partial charge on any atom is -0.481 e. The molecular formula is C15H13NO4. The lowest BCUT2D eigenvalue weighted by molar-refractivity contribution is -0.384. The second kappa shape index (κ2) is 5.97. The van der Waals surface area contributed by atoms with Crippen LogP contribution < -0.4 is 0 Å². The first kappa shape index (κ1) is 13.7. The van der Waals surface area contributed by atoms with Crippen LogP contribution >= 0.6 is 0 Å². The predicted molar refractivity (Wildman–Crippen MR) is 74.5 cm³/mol. The van der Waals surface area contributed by atoms with Crippen molar-refractivity contribution in [2.75, 3.05) is 0 Å². The molecule has 0 saturated heterocycles. The number of nitro benzene ring substituents is 1. The van der Waals surface area contributed by atoms with E-state index in [1.54, 1.807) is 12.1 Å². The predicted octanol–water partition coefficient (Wildman–Crippen LogP) is 3.28. The number of carboxylic acids is 1. The summed E-state index contributed by atoms with van der Waals surface area (Å²) in [5.41, 5.74) is 2.53. The zero-order valence-electron chi connectivity index (χ0n) is 10.7. The summed E-state index contributed by atoms with van der Waals surface area (Å²) in [6, 6.07) is 13.8. The third-order valence-corrected chi connectivity index (χ3v) is 2.94. The summed E-state index contributed by atoms with van der Waals surface area (Å²) >= 11 is 0. The Morgan fingerprint density at radius 2 is 1.75 bits per heavy atom. The molecule has 2 aromatic carbocycles. The van der Waals surface area contributed by atoms with Gasteiger partial charge < -0.3 is 5.11 Å². The molecule has 5 nitrogen and oxygen atoms in total. The van der Waals surface area contributed by atoms with Crippen molar-refractivity contribution in [2.24, 2.45) is 0 Å². The van der Waals surface area contributed by atoms with E-state index in [1.165, 1.54) is 12.1 Å². The quantitative estimate of drug-likeness (QED) is 0.668. The average Bonchev–Trinajstić information content (AvgIpc) is 2.45. The molecule has 0 aliphatic rings. The Bertz CT molecular complexity index is 652. The van der Waals surface area contributed by atoms with Gasteiger partial charge in [0.25, 0.3) is 5.69 Å². The topological polar surface area (TPSA) is 80.4 Å². The molecule has 2 rings (SSSR count). The lowest BCUT2D eigenvalue weighted by Gasteiger charge is -2.05. The van der Waals surface area contributed by atoms with Crippen LogP contribution in [0, 0.1) is 10.1 Å². The van der Waals surface area contributed by atoms with Crippen LogP contribution in [0.2, 0.25) is 0 Å². The van der Waals surface area contributed by atoms with Gasteiger partial charge in [-0.2, -0.15) is 0 Å². The largest absolute Gasteiger partial charge is 0.481 e. The van der Waals surface area contributed by atoms with E-state index < -0.39 is 10.9 Å². The van der Waals surface area contributed by atoms with E-state index in [9.17, 15) is 14.9 Å². The minimum absolute atomic E-state index is 0.0402. The van der Waals surface area contributed by atoms with E-state index in [0.717, 1.165) is 16.7 Å². The zero-order chi connectivity index (χ0) is 14.5. The fourth-order valence-electron chi connectivity index (χ4n) is 1.96. The zero-order valence-corrected chi connectivity index (χ0v) is 10.7. The fraction of sp³-hybridized carbons (Fsp3) is 0.133. The molecule has 0 aliphatic carbocycles. The molecule has 0 heterocycles. The summed E-state index contributed by atoms with van der Waals surface area (Å²) in [5, 5.41) is 19.5. The van der Waals surface area contributed by atoms with Crippen molar-refractivity contribution in [3.05, 3.63) is 64.2 Å². The van der Waals surface area contributed by atoms with E-state index in [4.69, 9.17) is 5.11 Å². The van der Waals surface area contributed by atoms with Gasteiger partial charge in [0.1, 0.15) is 0 Å². The molecule has 0 amide bonds. The second-order valence-electron chi connectivity index (χ2n) is 4.40. The van der Waals surface area contributed by atoms with Gasteiger partial charge in [0.2, 0.25) is 0 Å². The van der Waals surface area contributed by atoms with Crippen molar-refractivity contribution in [3.8, 4) is 11.1 Å². The van der Waals surface area contributed by atoms with Crippen LogP contribution in [0.1, 0.15) is 12.0 Å². The van der Waals surface area contributed by atoms with Crippen LogP contribution in [-0.2, 0) is 11.2 Å². The lowest BCUT2D eigenvalue weighted by atomic mass is 10.0. The Labute approximate surface area is 115 Å². The van der Waals surface area contributed by atoms with Crippen molar-refractivity contribution >= 4 is 11.7 Å². The maximum absolute atomic E-state index is 10.8. The first-order valence-electron chi connectivity index (χ1n) is 6.12. The first-order valence-corrected chi connectivity index (χ1v) is 6.12. The van der Waals surface area contributed by atoms with Gasteiger partial charge in [-0.15, -0.1) is 0 Å². The Morgan fingerprint density at radius 1 is 1.10 bits per heavy atom. The minimum atomic E-state index is -0.842. The number of hydrogen-bond donors (Lipinski definition) is 1. The molecule has 20 heavy (non-hydrogen) atoms. The molecule has 0 saturated carbocycles. The summed E-state index contributed by atoms with van der Waals surface area (Å²) in [6.07, 6.45) is 0.510. The molecule has 5 heteroatoms. The van der Waals surface area contributed by atoms with E-state index in [2.05, 4.69) is 0 Å². The van der Waals surface area contributed by atoms with Crippen LogP contribution in [0.4, 0.5) is 5.69 Å². The van der Waals surface area contributed by atoms with E-state index in [-0.39, 0.29) is 12.1 Å². The van der Waals surface area contributed by atoms with Gasteiger partial charge in [-0.3, -0.25) is 14.9 Å². The number of carbonyl (C=O) groups is 1. The molecule has 1 N–H and O–H groups in total. The number of nitro groups is 1. The Morgan fingerprint density at radius 3 is 2.40 bits per heavy atom. The number of benzene rings is 2. The third-order valence-electron chi connectivity index (χ3n) is 2.94.